The van der Waals surface area contributed by atoms with E-state index in [1.165, 1.54) is 23.6 Å². The van der Waals surface area contributed by atoms with Gasteiger partial charge in [0.15, 0.2) is 0 Å². The zero-order valence-electron chi connectivity index (χ0n) is 12.3. The lowest BCUT2D eigenvalue weighted by molar-refractivity contribution is 0.134. The summed E-state index contributed by atoms with van der Waals surface area (Å²) in [5.74, 6) is -1.65. The van der Waals surface area contributed by atoms with Crippen molar-refractivity contribution in [3.8, 4) is 0 Å². The molecule has 1 saturated heterocycles. The fourth-order valence-electron chi connectivity index (χ4n) is 3.09. The molecule has 2 aliphatic rings. The van der Waals surface area contributed by atoms with Gasteiger partial charge in [-0.25, -0.2) is 17.2 Å². The SMILES string of the molecule is O=S(=O)(c1cc(F)ccc1F)N1CCCN(C2CCC2)CC1. The van der Waals surface area contributed by atoms with Crippen LogP contribution in [0.5, 0.6) is 0 Å². The zero-order valence-corrected chi connectivity index (χ0v) is 13.2. The minimum absolute atomic E-state index is 0.328. The largest absolute Gasteiger partial charge is 0.299 e. The van der Waals surface area contributed by atoms with Crippen LogP contribution in [-0.2, 0) is 10.0 Å². The Kier molecular flexibility index (Phi) is 4.47. The Balaban J connectivity index is 1.78. The lowest BCUT2D eigenvalue weighted by atomic mass is 9.91. The summed E-state index contributed by atoms with van der Waals surface area (Å²) in [7, 11) is -3.98. The highest BCUT2D eigenvalue weighted by atomic mass is 32.2. The van der Waals surface area contributed by atoms with Crippen LogP contribution in [0.4, 0.5) is 8.78 Å². The van der Waals surface area contributed by atoms with Crippen LogP contribution in [0.3, 0.4) is 0 Å². The quantitative estimate of drug-likeness (QED) is 0.853. The van der Waals surface area contributed by atoms with Gasteiger partial charge in [0.25, 0.3) is 0 Å². The Morgan fingerprint density at radius 1 is 1.00 bits per heavy atom. The van der Waals surface area contributed by atoms with E-state index in [0.29, 0.717) is 32.1 Å². The van der Waals surface area contributed by atoms with E-state index in [9.17, 15) is 17.2 Å². The fraction of sp³-hybridized carbons (Fsp3) is 0.600. The monoisotopic (exact) mass is 330 g/mol. The number of sulfonamides is 1. The first kappa shape index (κ1) is 15.8. The molecule has 0 radical (unpaired) electrons. The number of halogens is 2. The van der Waals surface area contributed by atoms with Crippen LogP contribution in [0.25, 0.3) is 0 Å². The molecule has 2 fully saturated rings. The molecular weight excluding hydrogens is 310 g/mol. The lowest BCUT2D eigenvalue weighted by Gasteiger charge is -2.36. The molecule has 0 atom stereocenters. The standard InChI is InChI=1S/C15H20F2N2O2S/c16-12-5-6-14(17)15(11-12)22(20,21)19-8-2-7-18(9-10-19)13-3-1-4-13/h5-6,11,13H,1-4,7-10H2. The highest BCUT2D eigenvalue weighted by molar-refractivity contribution is 7.89. The summed E-state index contributed by atoms with van der Waals surface area (Å²) in [6.07, 6.45) is 4.29. The van der Waals surface area contributed by atoms with E-state index >= 15 is 0 Å². The van der Waals surface area contributed by atoms with Crippen LogP contribution in [0.1, 0.15) is 25.7 Å². The molecule has 1 aliphatic heterocycles. The Bertz CT molecular complexity index is 647. The molecule has 0 spiro atoms. The van der Waals surface area contributed by atoms with Gasteiger partial charge in [0, 0.05) is 25.7 Å². The smallest absolute Gasteiger partial charge is 0.246 e. The number of hydrogen-bond donors (Lipinski definition) is 0. The van der Waals surface area contributed by atoms with Gasteiger partial charge in [-0.1, -0.05) is 6.42 Å². The van der Waals surface area contributed by atoms with E-state index in [-0.39, 0.29) is 0 Å². The maximum Gasteiger partial charge on any atom is 0.246 e. The van der Waals surface area contributed by atoms with Gasteiger partial charge >= 0.3 is 0 Å². The van der Waals surface area contributed by atoms with Crippen molar-refractivity contribution in [2.45, 2.75) is 36.6 Å². The summed E-state index contributed by atoms with van der Waals surface area (Å²) in [6.45, 7) is 2.19. The molecular formula is C15H20F2N2O2S. The van der Waals surface area contributed by atoms with Gasteiger partial charge in [-0.05, 0) is 44.0 Å². The summed E-state index contributed by atoms with van der Waals surface area (Å²) in [5.41, 5.74) is 0. The third kappa shape index (κ3) is 3.02. The molecule has 0 unspecified atom stereocenters. The third-order valence-electron chi connectivity index (χ3n) is 4.59. The first-order chi connectivity index (χ1) is 10.5. The average molecular weight is 330 g/mol. The summed E-state index contributed by atoms with van der Waals surface area (Å²) in [5, 5.41) is 0. The normalized spacial score (nSPS) is 22.3. The minimum atomic E-state index is -3.98. The van der Waals surface area contributed by atoms with Gasteiger partial charge in [0.1, 0.15) is 16.5 Å². The highest BCUT2D eigenvalue weighted by Crippen LogP contribution is 2.27. The second kappa shape index (κ2) is 6.22. The Morgan fingerprint density at radius 2 is 1.77 bits per heavy atom. The van der Waals surface area contributed by atoms with Gasteiger partial charge in [0.05, 0.1) is 0 Å². The summed E-state index contributed by atoms with van der Waals surface area (Å²) in [6, 6.07) is 3.11. The summed E-state index contributed by atoms with van der Waals surface area (Å²) >= 11 is 0. The molecule has 1 saturated carbocycles. The molecule has 1 aromatic rings. The first-order valence-electron chi connectivity index (χ1n) is 7.68. The number of nitrogens with zero attached hydrogens (tertiary/aromatic N) is 2. The van der Waals surface area contributed by atoms with Crippen molar-refractivity contribution < 1.29 is 17.2 Å². The van der Waals surface area contributed by atoms with E-state index in [1.54, 1.807) is 0 Å². The molecule has 22 heavy (non-hydrogen) atoms. The third-order valence-corrected chi connectivity index (χ3v) is 6.51. The Morgan fingerprint density at radius 3 is 2.45 bits per heavy atom. The van der Waals surface area contributed by atoms with Gasteiger partial charge in [-0.15, -0.1) is 0 Å². The van der Waals surface area contributed by atoms with Crippen LogP contribution < -0.4 is 0 Å². The summed E-state index contributed by atoms with van der Waals surface area (Å²) < 4.78 is 53.5. The van der Waals surface area contributed by atoms with Gasteiger partial charge < -0.3 is 0 Å². The maximum atomic E-state index is 13.8. The van der Waals surface area contributed by atoms with E-state index in [1.807, 2.05) is 0 Å². The van der Waals surface area contributed by atoms with Crippen LogP contribution in [-0.4, -0.2) is 49.8 Å². The molecule has 122 valence electrons. The topological polar surface area (TPSA) is 40.6 Å². The molecule has 3 rings (SSSR count). The average Bonchev–Trinajstić information content (AvgIpc) is 2.66. The van der Waals surface area contributed by atoms with Crippen molar-refractivity contribution in [2.24, 2.45) is 0 Å². The van der Waals surface area contributed by atoms with E-state index < -0.39 is 26.6 Å². The Labute approximate surface area is 129 Å². The molecule has 0 amide bonds. The van der Waals surface area contributed by atoms with E-state index in [4.69, 9.17) is 0 Å². The van der Waals surface area contributed by atoms with Crippen LogP contribution in [0.2, 0.25) is 0 Å². The molecule has 0 N–H and O–H groups in total. The van der Waals surface area contributed by atoms with Crippen molar-refractivity contribution in [3.63, 3.8) is 0 Å². The minimum Gasteiger partial charge on any atom is -0.299 e. The zero-order chi connectivity index (χ0) is 15.7. The fourth-order valence-corrected chi connectivity index (χ4v) is 4.63. The van der Waals surface area contributed by atoms with E-state index in [0.717, 1.165) is 24.7 Å². The van der Waals surface area contributed by atoms with Crippen molar-refractivity contribution in [1.29, 1.82) is 0 Å². The Hall–Kier alpha value is -1.05. The molecule has 0 bridgehead atoms. The van der Waals surface area contributed by atoms with Crippen LogP contribution in [0, 0.1) is 11.6 Å². The number of rotatable bonds is 3. The molecule has 0 aromatic heterocycles. The van der Waals surface area contributed by atoms with Gasteiger partial charge in [0.2, 0.25) is 10.0 Å². The van der Waals surface area contributed by atoms with Crippen molar-refractivity contribution in [3.05, 3.63) is 29.8 Å². The number of benzene rings is 1. The maximum absolute atomic E-state index is 13.8. The highest BCUT2D eigenvalue weighted by Gasteiger charge is 2.32. The number of hydrogen-bond acceptors (Lipinski definition) is 3. The molecule has 1 aliphatic carbocycles. The van der Waals surface area contributed by atoms with Crippen molar-refractivity contribution >= 4 is 10.0 Å². The predicted molar refractivity (Wildman–Crippen MR) is 78.9 cm³/mol. The predicted octanol–water partition coefficient (Wildman–Crippen LogP) is 2.21. The first-order valence-corrected chi connectivity index (χ1v) is 9.12. The molecule has 4 nitrogen and oxygen atoms in total. The van der Waals surface area contributed by atoms with Crippen molar-refractivity contribution in [1.82, 2.24) is 9.21 Å². The van der Waals surface area contributed by atoms with Crippen molar-refractivity contribution in [2.75, 3.05) is 26.2 Å². The van der Waals surface area contributed by atoms with Crippen LogP contribution in [0.15, 0.2) is 23.1 Å². The molecule has 7 heteroatoms. The second-order valence-electron chi connectivity index (χ2n) is 5.95. The van der Waals surface area contributed by atoms with Crippen LogP contribution >= 0.6 is 0 Å². The molecule has 1 aromatic carbocycles. The van der Waals surface area contributed by atoms with Gasteiger partial charge in [-0.2, -0.15) is 4.31 Å². The second-order valence-corrected chi connectivity index (χ2v) is 7.86. The van der Waals surface area contributed by atoms with E-state index in [2.05, 4.69) is 4.90 Å². The van der Waals surface area contributed by atoms with Gasteiger partial charge in [-0.3, -0.25) is 4.90 Å². The lowest BCUT2D eigenvalue weighted by Crippen LogP contribution is -2.42. The summed E-state index contributed by atoms with van der Waals surface area (Å²) in [4.78, 5) is 1.76. The molecule has 1 heterocycles.